The molecule has 1 saturated carbocycles. The molecule has 25 heavy (non-hydrogen) atoms. The Morgan fingerprint density at radius 3 is 2.52 bits per heavy atom. The van der Waals surface area contributed by atoms with Crippen LogP contribution in [0.1, 0.15) is 41.9 Å². The number of rotatable bonds is 3. The van der Waals surface area contributed by atoms with Crippen LogP contribution >= 0.6 is 0 Å². The Hall–Kier alpha value is -2.04. The van der Waals surface area contributed by atoms with Crippen LogP contribution in [0.2, 0.25) is 0 Å². The van der Waals surface area contributed by atoms with Crippen LogP contribution in [-0.4, -0.2) is 54.0 Å². The van der Waals surface area contributed by atoms with E-state index in [4.69, 9.17) is 0 Å². The SMILES string of the molecule is Cc1ccc([C@H]2C[C@H]2C(=O)N2CCC(N3CCNC3=O)CC2)cc1C. The first kappa shape index (κ1) is 16.4. The summed E-state index contributed by atoms with van der Waals surface area (Å²) in [7, 11) is 0. The van der Waals surface area contributed by atoms with Crippen molar-refractivity contribution in [2.45, 2.75) is 45.1 Å². The van der Waals surface area contributed by atoms with Crippen LogP contribution in [0.5, 0.6) is 0 Å². The van der Waals surface area contributed by atoms with Crippen molar-refractivity contribution in [2.75, 3.05) is 26.2 Å². The fourth-order valence-electron chi connectivity index (χ4n) is 4.30. The molecule has 0 radical (unpaired) electrons. The van der Waals surface area contributed by atoms with Crippen LogP contribution in [0, 0.1) is 19.8 Å². The summed E-state index contributed by atoms with van der Waals surface area (Å²) in [6, 6.07) is 6.93. The largest absolute Gasteiger partial charge is 0.342 e. The summed E-state index contributed by atoms with van der Waals surface area (Å²) in [5.41, 5.74) is 3.92. The van der Waals surface area contributed by atoms with Crippen LogP contribution in [-0.2, 0) is 4.79 Å². The van der Waals surface area contributed by atoms with Gasteiger partial charge in [0.2, 0.25) is 5.91 Å². The van der Waals surface area contributed by atoms with Gasteiger partial charge in [0, 0.05) is 38.1 Å². The zero-order chi connectivity index (χ0) is 17.6. The number of nitrogens with one attached hydrogen (secondary N) is 1. The molecule has 2 saturated heterocycles. The van der Waals surface area contributed by atoms with E-state index in [2.05, 4.69) is 37.4 Å². The van der Waals surface area contributed by atoms with Gasteiger partial charge >= 0.3 is 6.03 Å². The monoisotopic (exact) mass is 341 g/mol. The second-order valence-electron chi connectivity index (χ2n) is 7.77. The Bertz CT molecular complexity index is 694. The molecule has 3 fully saturated rings. The summed E-state index contributed by atoms with van der Waals surface area (Å²) in [5, 5.41) is 2.87. The van der Waals surface area contributed by atoms with Gasteiger partial charge < -0.3 is 15.1 Å². The van der Waals surface area contributed by atoms with E-state index in [-0.39, 0.29) is 11.9 Å². The fourth-order valence-corrected chi connectivity index (χ4v) is 4.30. The Labute approximate surface area is 149 Å². The van der Waals surface area contributed by atoms with Crippen molar-refractivity contribution in [3.05, 3.63) is 34.9 Å². The minimum absolute atomic E-state index is 0.0572. The maximum atomic E-state index is 12.8. The number of carbonyl (C=O) groups is 2. The number of urea groups is 1. The molecule has 2 atom stereocenters. The minimum Gasteiger partial charge on any atom is -0.342 e. The molecule has 1 aromatic rings. The maximum absolute atomic E-state index is 12.8. The molecule has 0 spiro atoms. The maximum Gasteiger partial charge on any atom is 0.317 e. The molecule has 1 aliphatic carbocycles. The molecular weight excluding hydrogens is 314 g/mol. The van der Waals surface area contributed by atoms with E-state index in [1.165, 1.54) is 16.7 Å². The molecule has 2 aliphatic heterocycles. The Morgan fingerprint density at radius 2 is 1.88 bits per heavy atom. The van der Waals surface area contributed by atoms with Gasteiger partial charge in [-0.25, -0.2) is 4.79 Å². The van der Waals surface area contributed by atoms with E-state index in [0.29, 0.717) is 17.9 Å². The Morgan fingerprint density at radius 1 is 1.12 bits per heavy atom. The zero-order valence-electron chi connectivity index (χ0n) is 15.1. The molecule has 134 valence electrons. The van der Waals surface area contributed by atoms with E-state index in [1.807, 2.05) is 9.80 Å². The lowest BCUT2D eigenvalue weighted by Crippen LogP contribution is -2.48. The highest BCUT2D eigenvalue weighted by molar-refractivity contribution is 5.83. The van der Waals surface area contributed by atoms with Crippen molar-refractivity contribution >= 4 is 11.9 Å². The highest BCUT2D eigenvalue weighted by atomic mass is 16.2. The Kier molecular flexibility index (Phi) is 4.18. The van der Waals surface area contributed by atoms with Gasteiger partial charge in [0.25, 0.3) is 0 Å². The number of carbonyl (C=O) groups excluding carboxylic acids is 2. The second-order valence-corrected chi connectivity index (χ2v) is 7.77. The number of hydrogen-bond donors (Lipinski definition) is 1. The van der Waals surface area contributed by atoms with Gasteiger partial charge in [-0.15, -0.1) is 0 Å². The van der Waals surface area contributed by atoms with Crippen LogP contribution < -0.4 is 5.32 Å². The average Bonchev–Trinajstić information content (AvgIpc) is 3.31. The third-order valence-electron chi connectivity index (χ3n) is 6.17. The third kappa shape index (κ3) is 3.12. The van der Waals surface area contributed by atoms with Gasteiger partial charge in [-0.1, -0.05) is 18.2 Å². The van der Waals surface area contributed by atoms with E-state index >= 15 is 0 Å². The molecule has 5 heteroatoms. The van der Waals surface area contributed by atoms with Gasteiger partial charge in [0.1, 0.15) is 0 Å². The number of piperidine rings is 1. The highest BCUT2D eigenvalue weighted by Gasteiger charge is 2.46. The van der Waals surface area contributed by atoms with Crippen molar-refractivity contribution in [1.82, 2.24) is 15.1 Å². The number of nitrogens with zero attached hydrogens (tertiary/aromatic N) is 2. The van der Waals surface area contributed by atoms with E-state index in [1.54, 1.807) is 0 Å². The topological polar surface area (TPSA) is 52.7 Å². The zero-order valence-corrected chi connectivity index (χ0v) is 15.1. The van der Waals surface area contributed by atoms with Crippen LogP contribution in [0.15, 0.2) is 18.2 Å². The van der Waals surface area contributed by atoms with Gasteiger partial charge in [0.15, 0.2) is 0 Å². The van der Waals surface area contributed by atoms with Crippen molar-refractivity contribution in [3.63, 3.8) is 0 Å². The van der Waals surface area contributed by atoms with Crippen molar-refractivity contribution in [1.29, 1.82) is 0 Å². The van der Waals surface area contributed by atoms with Crippen molar-refractivity contribution in [2.24, 2.45) is 5.92 Å². The predicted octanol–water partition coefficient (Wildman–Crippen LogP) is 2.42. The van der Waals surface area contributed by atoms with Gasteiger partial charge in [0.05, 0.1) is 0 Å². The third-order valence-corrected chi connectivity index (χ3v) is 6.17. The fraction of sp³-hybridized carbons (Fsp3) is 0.600. The molecule has 1 aromatic carbocycles. The number of aryl methyl sites for hydroxylation is 2. The normalized spacial score (nSPS) is 26.7. The number of likely N-dealkylation sites (tertiary alicyclic amines) is 1. The molecule has 1 N–H and O–H groups in total. The molecular formula is C20H27N3O2. The summed E-state index contributed by atoms with van der Waals surface area (Å²) in [6.07, 6.45) is 2.79. The van der Waals surface area contributed by atoms with Crippen molar-refractivity contribution < 1.29 is 9.59 Å². The molecule has 2 heterocycles. The number of amides is 3. The van der Waals surface area contributed by atoms with Crippen LogP contribution in [0.25, 0.3) is 0 Å². The first-order chi connectivity index (χ1) is 12.0. The lowest BCUT2D eigenvalue weighted by atomic mass is 10.0. The molecule has 4 rings (SSSR count). The summed E-state index contributed by atoms with van der Waals surface area (Å²) in [5.74, 6) is 0.871. The summed E-state index contributed by atoms with van der Waals surface area (Å²) >= 11 is 0. The highest BCUT2D eigenvalue weighted by Crippen LogP contribution is 2.49. The van der Waals surface area contributed by atoms with Crippen molar-refractivity contribution in [3.8, 4) is 0 Å². The molecule has 0 aromatic heterocycles. The lowest BCUT2D eigenvalue weighted by molar-refractivity contribution is -0.134. The van der Waals surface area contributed by atoms with E-state index < -0.39 is 0 Å². The van der Waals surface area contributed by atoms with Crippen LogP contribution in [0.4, 0.5) is 4.79 Å². The van der Waals surface area contributed by atoms with Crippen LogP contribution in [0.3, 0.4) is 0 Å². The second kappa shape index (κ2) is 6.36. The molecule has 3 amide bonds. The molecule has 3 aliphatic rings. The standard InChI is InChI=1S/C20H27N3O2/c1-13-3-4-15(11-14(13)2)17-12-18(17)19(24)22-8-5-16(6-9-22)23-10-7-21-20(23)25/h3-4,11,16-18H,5-10,12H2,1-2H3,(H,21,25)/t17-,18-/m1/s1. The molecule has 5 nitrogen and oxygen atoms in total. The smallest absolute Gasteiger partial charge is 0.317 e. The molecule has 0 bridgehead atoms. The van der Waals surface area contributed by atoms with Gasteiger partial charge in [-0.05, 0) is 55.7 Å². The average molecular weight is 341 g/mol. The summed E-state index contributed by atoms with van der Waals surface area (Å²) < 4.78 is 0. The number of hydrogen-bond acceptors (Lipinski definition) is 2. The van der Waals surface area contributed by atoms with Gasteiger partial charge in [-0.2, -0.15) is 0 Å². The first-order valence-corrected chi connectivity index (χ1v) is 9.45. The van der Waals surface area contributed by atoms with Gasteiger partial charge in [-0.3, -0.25) is 4.79 Å². The van der Waals surface area contributed by atoms with E-state index in [9.17, 15) is 9.59 Å². The predicted molar refractivity (Wildman–Crippen MR) is 96.5 cm³/mol. The van der Waals surface area contributed by atoms with E-state index in [0.717, 1.165) is 45.4 Å². The number of benzene rings is 1. The summed E-state index contributed by atoms with van der Waals surface area (Å²) in [4.78, 5) is 28.6. The summed E-state index contributed by atoms with van der Waals surface area (Å²) in [6.45, 7) is 7.37. The quantitative estimate of drug-likeness (QED) is 0.918. The lowest BCUT2D eigenvalue weighted by Gasteiger charge is -2.36. The minimum atomic E-state index is 0.0572. The first-order valence-electron chi connectivity index (χ1n) is 9.45. The molecule has 0 unspecified atom stereocenters. The Balaban J connectivity index is 1.32.